The van der Waals surface area contributed by atoms with Gasteiger partial charge in [0, 0.05) is 25.9 Å². The zero-order valence-electron chi connectivity index (χ0n) is 14.7. The predicted octanol–water partition coefficient (Wildman–Crippen LogP) is 2.03. The summed E-state index contributed by atoms with van der Waals surface area (Å²) in [6.45, 7) is 4.64. The van der Waals surface area contributed by atoms with Crippen LogP contribution in [0.25, 0.3) is 22.1 Å². The number of aromatic nitrogens is 4. The lowest BCUT2D eigenvalue weighted by molar-refractivity contribution is 0.0902. The molecule has 134 valence electrons. The molecule has 0 aromatic carbocycles. The highest BCUT2D eigenvalue weighted by molar-refractivity contribution is 6.04. The van der Waals surface area contributed by atoms with Gasteiger partial charge in [-0.3, -0.25) is 4.98 Å². The Kier molecular flexibility index (Phi) is 5.75. The van der Waals surface area contributed by atoms with Crippen molar-refractivity contribution in [3.05, 3.63) is 24.2 Å². The summed E-state index contributed by atoms with van der Waals surface area (Å²) in [6, 6.07) is 3.78. The second-order valence-corrected chi connectivity index (χ2v) is 5.69. The summed E-state index contributed by atoms with van der Waals surface area (Å²) in [7, 11) is 1.62. The number of nitrogens with zero attached hydrogens (tertiary/aromatic N) is 4. The van der Waals surface area contributed by atoms with Gasteiger partial charge in [0.25, 0.3) is 0 Å². The molecular weight excluding hydrogens is 320 g/mol. The number of imidazole rings is 1. The number of fused-ring (bicyclic) bond motifs is 3. The molecule has 0 aliphatic heterocycles. The summed E-state index contributed by atoms with van der Waals surface area (Å²) < 4.78 is 7.75. The molecule has 0 unspecified atom stereocenters. The van der Waals surface area contributed by atoms with E-state index in [1.807, 2.05) is 19.1 Å². The largest absolute Gasteiger partial charge is 0.382 e. The number of hydrogen-bond acceptors (Lipinski definition) is 7. The van der Waals surface area contributed by atoms with Gasteiger partial charge in [-0.1, -0.05) is 0 Å². The molecule has 0 atom stereocenters. The number of anilines is 1. The molecular formula is C17H24N6O2. The summed E-state index contributed by atoms with van der Waals surface area (Å²) in [6.07, 6.45) is 3.72. The minimum atomic E-state index is 0.424. The number of rotatable bonds is 9. The van der Waals surface area contributed by atoms with Crippen LogP contribution in [-0.2, 0) is 22.7 Å². The van der Waals surface area contributed by atoms with Crippen molar-refractivity contribution in [1.82, 2.24) is 25.0 Å². The first-order valence-corrected chi connectivity index (χ1v) is 8.49. The van der Waals surface area contributed by atoms with Gasteiger partial charge in [-0.25, -0.2) is 15.4 Å². The molecule has 8 heteroatoms. The van der Waals surface area contributed by atoms with Gasteiger partial charge in [0.05, 0.1) is 12.6 Å². The third-order valence-corrected chi connectivity index (χ3v) is 4.03. The Morgan fingerprint density at radius 3 is 2.92 bits per heavy atom. The third kappa shape index (κ3) is 3.71. The van der Waals surface area contributed by atoms with E-state index in [0.29, 0.717) is 24.5 Å². The maximum Gasteiger partial charge on any atom is 0.152 e. The van der Waals surface area contributed by atoms with E-state index < -0.39 is 0 Å². The molecule has 0 aliphatic rings. The van der Waals surface area contributed by atoms with Crippen molar-refractivity contribution in [1.29, 1.82) is 0 Å². The normalized spacial score (nSPS) is 11.6. The Hall–Kier alpha value is -2.29. The first kappa shape index (κ1) is 17.5. The molecule has 0 bridgehead atoms. The molecule has 0 saturated heterocycles. The van der Waals surface area contributed by atoms with Crippen LogP contribution < -0.4 is 11.2 Å². The number of nitrogens with one attached hydrogen (secondary N) is 1. The summed E-state index contributed by atoms with van der Waals surface area (Å²) in [5.41, 5.74) is 12.2. The van der Waals surface area contributed by atoms with Gasteiger partial charge in [-0.15, -0.1) is 0 Å². The van der Waals surface area contributed by atoms with E-state index in [4.69, 9.17) is 15.3 Å². The number of nitrogens with two attached hydrogens (primary N) is 1. The van der Waals surface area contributed by atoms with E-state index in [9.17, 15) is 0 Å². The van der Waals surface area contributed by atoms with E-state index in [-0.39, 0.29) is 0 Å². The van der Waals surface area contributed by atoms with E-state index in [1.54, 1.807) is 13.3 Å². The van der Waals surface area contributed by atoms with E-state index in [2.05, 4.69) is 25.0 Å². The first-order chi connectivity index (χ1) is 12.3. The molecule has 0 amide bonds. The van der Waals surface area contributed by atoms with Crippen LogP contribution in [0.4, 0.5) is 5.82 Å². The van der Waals surface area contributed by atoms with Gasteiger partial charge in [0.1, 0.15) is 29.0 Å². The number of pyridine rings is 2. The molecule has 8 nitrogen and oxygen atoms in total. The predicted molar refractivity (Wildman–Crippen MR) is 96.8 cm³/mol. The minimum absolute atomic E-state index is 0.424. The fourth-order valence-electron chi connectivity index (χ4n) is 2.88. The zero-order valence-corrected chi connectivity index (χ0v) is 14.7. The quantitative estimate of drug-likeness (QED) is 0.452. The lowest BCUT2D eigenvalue weighted by Gasteiger charge is -2.10. The van der Waals surface area contributed by atoms with Crippen molar-refractivity contribution in [3.8, 4) is 0 Å². The van der Waals surface area contributed by atoms with Crippen LogP contribution in [0.5, 0.6) is 0 Å². The van der Waals surface area contributed by atoms with Gasteiger partial charge in [-0.05, 0) is 31.9 Å². The van der Waals surface area contributed by atoms with Crippen molar-refractivity contribution >= 4 is 27.9 Å². The van der Waals surface area contributed by atoms with Crippen LogP contribution in [0.1, 0.15) is 25.6 Å². The maximum absolute atomic E-state index is 6.15. The van der Waals surface area contributed by atoms with Gasteiger partial charge in [0.2, 0.25) is 0 Å². The average molecular weight is 344 g/mol. The highest BCUT2D eigenvalue weighted by Gasteiger charge is 2.17. The summed E-state index contributed by atoms with van der Waals surface area (Å²) in [4.78, 5) is 18.5. The number of hydroxylamine groups is 1. The van der Waals surface area contributed by atoms with E-state index in [0.717, 1.165) is 48.3 Å². The lowest BCUT2D eigenvalue weighted by atomic mass is 10.2. The molecule has 25 heavy (non-hydrogen) atoms. The average Bonchev–Trinajstić information content (AvgIpc) is 2.99. The number of unbranched alkanes of at least 4 members (excludes halogenated alkanes) is 1. The first-order valence-electron chi connectivity index (χ1n) is 8.49. The fourth-order valence-corrected chi connectivity index (χ4v) is 2.88. The Labute approximate surface area is 146 Å². The molecule has 3 aromatic heterocycles. The van der Waals surface area contributed by atoms with Gasteiger partial charge in [0.15, 0.2) is 5.82 Å². The van der Waals surface area contributed by atoms with E-state index >= 15 is 0 Å². The molecule has 3 rings (SSSR count). The fraction of sp³-hybridized carbons (Fsp3) is 0.471. The molecule has 0 spiro atoms. The Morgan fingerprint density at radius 1 is 1.24 bits per heavy atom. The molecule has 3 aromatic rings. The van der Waals surface area contributed by atoms with Gasteiger partial charge >= 0.3 is 0 Å². The molecule has 0 saturated carbocycles. The topological polar surface area (TPSA) is 100 Å². The monoisotopic (exact) mass is 344 g/mol. The number of nitrogen functional groups attached to an aromatic ring is 1. The highest BCUT2D eigenvalue weighted by atomic mass is 16.6. The summed E-state index contributed by atoms with van der Waals surface area (Å²) in [5, 5.41) is 0. The van der Waals surface area contributed by atoms with Gasteiger partial charge in [-0.2, -0.15) is 0 Å². The zero-order chi connectivity index (χ0) is 17.6. The maximum atomic E-state index is 6.15. The molecule has 3 N–H and O–H groups in total. The third-order valence-electron chi connectivity index (χ3n) is 4.03. The smallest absolute Gasteiger partial charge is 0.152 e. The van der Waals surface area contributed by atoms with Crippen LogP contribution in [0.15, 0.2) is 18.3 Å². The molecule has 0 aliphatic carbocycles. The van der Waals surface area contributed by atoms with Gasteiger partial charge < -0.3 is 19.9 Å². The second kappa shape index (κ2) is 8.19. The van der Waals surface area contributed by atoms with Crippen molar-refractivity contribution in [2.45, 2.75) is 32.9 Å². The summed E-state index contributed by atoms with van der Waals surface area (Å²) in [5.74, 6) is 1.27. The lowest BCUT2D eigenvalue weighted by Crippen LogP contribution is -2.14. The van der Waals surface area contributed by atoms with Crippen LogP contribution in [0.3, 0.4) is 0 Å². The van der Waals surface area contributed by atoms with Crippen LogP contribution in [0, 0.1) is 0 Å². The molecule has 3 heterocycles. The van der Waals surface area contributed by atoms with E-state index in [1.165, 1.54) is 0 Å². The van der Waals surface area contributed by atoms with Crippen LogP contribution in [-0.4, -0.2) is 39.8 Å². The van der Waals surface area contributed by atoms with Crippen molar-refractivity contribution in [2.24, 2.45) is 0 Å². The van der Waals surface area contributed by atoms with Crippen molar-refractivity contribution in [3.63, 3.8) is 0 Å². The summed E-state index contributed by atoms with van der Waals surface area (Å²) >= 11 is 0. The SMILES string of the molecule is CCOCc1nc2c(N)nc3cccnc3c2n1CCCCNOC. The Morgan fingerprint density at radius 2 is 2.12 bits per heavy atom. The van der Waals surface area contributed by atoms with Crippen molar-refractivity contribution < 1.29 is 9.57 Å². The second-order valence-electron chi connectivity index (χ2n) is 5.69. The standard InChI is InChI=1S/C17H24N6O2/c1-3-25-11-13-22-15-16(23(13)10-5-4-9-20-24-2)14-12(21-17(15)18)7-6-8-19-14/h6-8,20H,3-5,9-11H2,1-2H3,(H2,18,21). The highest BCUT2D eigenvalue weighted by Crippen LogP contribution is 2.28. The number of aryl methyl sites for hydroxylation is 1. The minimum Gasteiger partial charge on any atom is -0.382 e. The van der Waals surface area contributed by atoms with Crippen molar-refractivity contribution in [2.75, 3.05) is 26.0 Å². The number of hydrogen-bond donors (Lipinski definition) is 2. The van der Waals surface area contributed by atoms with Crippen LogP contribution in [0.2, 0.25) is 0 Å². The van der Waals surface area contributed by atoms with Crippen LogP contribution >= 0.6 is 0 Å². The molecule has 0 radical (unpaired) electrons. The Bertz CT molecular complexity index is 848. The Balaban J connectivity index is 2.02. The number of ether oxygens (including phenoxy) is 1. The molecule has 0 fully saturated rings.